The van der Waals surface area contributed by atoms with Crippen LogP contribution in [0, 0.1) is 6.92 Å². The van der Waals surface area contributed by atoms with Crippen LogP contribution in [0.4, 0.5) is 0 Å². The van der Waals surface area contributed by atoms with Crippen molar-refractivity contribution in [3.8, 4) is 0 Å². The van der Waals surface area contributed by atoms with Gasteiger partial charge in [-0.25, -0.2) is 0 Å². The van der Waals surface area contributed by atoms with Crippen LogP contribution in [0.2, 0.25) is 0 Å². The molecule has 1 N–H and O–H groups in total. The molecular weight excluding hydrogens is 182 g/mol. The second-order valence-electron chi connectivity index (χ2n) is 3.02. The van der Waals surface area contributed by atoms with Gasteiger partial charge in [0.1, 0.15) is 11.5 Å². The molecule has 0 aromatic carbocycles. The summed E-state index contributed by atoms with van der Waals surface area (Å²) in [5.74, 6) is 1.58. The molecule has 0 unspecified atom stereocenters. The maximum absolute atomic E-state index is 10.7. The molecule has 0 bridgehead atoms. The zero-order chi connectivity index (χ0) is 10.4. The third kappa shape index (κ3) is 3.62. The highest BCUT2D eigenvalue weighted by atomic mass is 16.5. The van der Waals surface area contributed by atoms with Gasteiger partial charge in [-0.2, -0.15) is 0 Å². The van der Waals surface area contributed by atoms with Gasteiger partial charge in [-0.3, -0.25) is 4.79 Å². The summed E-state index contributed by atoms with van der Waals surface area (Å²) in [7, 11) is 1.39. The molecule has 1 heterocycles. The summed E-state index contributed by atoms with van der Waals surface area (Å²) >= 11 is 0. The lowest BCUT2D eigenvalue weighted by molar-refractivity contribution is -0.140. The van der Waals surface area contributed by atoms with Gasteiger partial charge in [0.25, 0.3) is 0 Å². The van der Waals surface area contributed by atoms with Gasteiger partial charge < -0.3 is 14.5 Å². The number of aryl methyl sites for hydroxylation is 1. The number of rotatable bonds is 5. The fourth-order valence-corrected chi connectivity index (χ4v) is 1.08. The predicted octanol–water partition coefficient (Wildman–Crippen LogP) is 1.24. The molecule has 0 fully saturated rings. The van der Waals surface area contributed by atoms with Crippen molar-refractivity contribution in [2.45, 2.75) is 19.9 Å². The van der Waals surface area contributed by atoms with Gasteiger partial charge in [-0.15, -0.1) is 0 Å². The van der Waals surface area contributed by atoms with Crippen LogP contribution in [0.15, 0.2) is 16.5 Å². The van der Waals surface area contributed by atoms with Gasteiger partial charge >= 0.3 is 5.97 Å². The van der Waals surface area contributed by atoms with E-state index in [1.165, 1.54) is 7.11 Å². The number of furan rings is 1. The summed E-state index contributed by atoms with van der Waals surface area (Å²) in [5, 5.41) is 3.09. The first kappa shape index (κ1) is 10.8. The largest absolute Gasteiger partial charge is 0.469 e. The molecule has 0 amide bonds. The first-order valence-corrected chi connectivity index (χ1v) is 4.55. The zero-order valence-electron chi connectivity index (χ0n) is 8.50. The molecule has 0 saturated heterocycles. The lowest BCUT2D eigenvalue weighted by Crippen LogP contribution is -2.18. The number of hydrogen-bond donors (Lipinski definition) is 1. The van der Waals surface area contributed by atoms with E-state index < -0.39 is 0 Å². The lowest BCUT2D eigenvalue weighted by Gasteiger charge is -2.01. The fourth-order valence-electron chi connectivity index (χ4n) is 1.08. The minimum absolute atomic E-state index is 0.201. The Hall–Kier alpha value is -1.29. The number of carbonyl (C=O) groups is 1. The van der Waals surface area contributed by atoms with Crippen LogP contribution in [0.3, 0.4) is 0 Å². The monoisotopic (exact) mass is 197 g/mol. The smallest absolute Gasteiger partial charge is 0.306 e. The number of hydrogen-bond acceptors (Lipinski definition) is 4. The van der Waals surface area contributed by atoms with Crippen molar-refractivity contribution in [1.29, 1.82) is 0 Å². The van der Waals surface area contributed by atoms with Crippen molar-refractivity contribution < 1.29 is 13.9 Å². The summed E-state index contributed by atoms with van der Waals surface area (Å²) < 4.78 is 9.84. The molecular formula is C10H15NO3. The maximum atomic E-state index is 10.7. The molecule has 14 heavy (non-hydrogen) atoms. The predicted molar refractivity (Wildman–Crippen MR) is 51.8 cm³/mol. The first-order valence-electron chi connectivity index (χ1n) is 4.55. The van der Waals surface area contributed by atoms with E-state index in [0.717, 1.165) is 11.5 Å². The number of ether oxygens (including phenoxy) is 1. The topological polar surface area (TPSA) is 51.5 Å². The minimum Gasteiger partial charge on any atom is -0.469 e. The average molecular weight is 197 g/mol. The van der Waals surface area contributed by atoms with E-state index in [0.29, 0.717) is 19.5 Å². The van der Waals surface area contributed by atoms with E-state index in [1.54, 1.807) is 0 Å². The molecule has 78 valence electrons. The fraction of sp³-hybridized carbons (Fsp3) is 0.500. The van der Waals surface area contributed by atoms with Crippen LogP contribution in [0.1, 0.15) is 17.9 Å². The Bertz CT molecular complexity index is 293. The Kier molecular flexibility index (Phi) is 4.19. The number of carbonyl (C=O) groups excluding carboxylic acids is 1. The van der Waals surface area contributed by atoms with Crippen molar-refractivity contribution in [2.24, 2.45) is 0 Å². The van der Waals surface area contributed by atoms with Crippen LogP contribution >= 0.6 is 0 Å². The van der Waals surface area contributed by atoms with Crippen molar-refractivity contribution in [1.82, 2.24) is 5.32 Å². The second kappa shape index (κ2) is 5.44. The molecule has 0 aliphatic heterocycles. The Balaban J connectivity index is 2.13. The van der Waals surface area contributed by atoms with Gasteiger partial charge in [0.05, 0.1) is 20.1 Å². The SMILES string of the molecule is COC(=O)CCNCc1ccc(C)o1. The minimum atomic E-state index is -0.201. The summed E-state index contributed by atoms with van der Waals surface area (Å²) in [5.41, 5.74) is 0. The Morgan fingerprint density at radius 1 is 1.57 bits per heavy atom. The van der Waals surface area contributed by atoms with E-state index in [-0.39, 0.29) is 5.97 Å². The van der Waals surface area contributed by atoms with Crippen molar-refractivity contribution >= 4 is 5.97 Å². The zero-order valence-corrected chi connectivity index (χ0v) is 8.50. The van der Waals surface area contributed by atoms with Gasteiger partial charge in [-0.1, -0.05) is 0 Å². The molecule has 1 rings (SSSR count). The van der Waals surface area contributed by atoms with Crippen molar-refractivity contribution in [3.05, 3.63) is 23.7 Å². The molecule has 4 heteroatoms. The molecule has 0 aliphatic rings. The standard InChI is InChI=1S/C10H15NO3/c1-8-3-4-9(14-8)7-11-6-5-10(12)13-2/h3-4,11H,5-7H2,1-2H3. The van der Waals surface area contributed by atoms with Gasteiger partial charge in [0, 0.05) is 6.54 Å². The highest BCUT2D eigenvalue weighted by Crippen LogP contribution is 2.05. The quantitative estimate of drug-likeness (QED) is 0.570. The summed E-state index contributed by atoms with van der Waals surface area (Å²) in [6.07, 6.45) is 0.385. The van der Waals surface area contributed by atoms with Crippen LogP contribution in [0.25, 0.3) is 0 Å². The van der Waals surface area contributed by atoms with E-state index in [4.69, 9.17) is 4.42 Å². The van der Waals surface area contributed by atoms with Gasteiger partial charge in [0.2, 0.25) is 0 Å². The van der Waals surface area contributed by atoms with Crippen molar-refractivity contribution in [2.75, 3.05) is 13.7 Å². The normalized spacial score (nSPS) is 10.1. The molecule has 4 nitrogen and oxygen atoms in total. The first-order chi connectivity index (χ1) is 6.72. The van der Waals surface area contributed by atoms with E-state index in [2.05, 4.69) is 10.1 Å². The van der Waals surface area contributed by atoms with Crippen LogP contribution in [0.5, 0.6) is 0 Å². The highest BCUT2D eigenvalue weighted by molar-refractivity contribution is 5.69. The summed E-state index contributed by atoms with van der Waals surface area (Å²) in [6, 6.07) is 3.83. The van der Waals surface area contributed by atoms with Crippen LogP contribution in [-0.4, -0.2) is 19.6 Å². The molecule has 0 spiro atoms. The van der Waals surface area contributed by atoms with E-state index in [1.807, 2.05) is 19.1 Å². The van der Waals surface area contributed by atoms with E-state index >= 15 is 0 Å². The molecule has 0 saturated carbocycles. The Morgan fingerprint density at radius 3 is 2.93 bits per heavy atom. The van der Waals surface area contributed by atoms with Crippen LogP contribution < -0.4 is 5.32 Å². The Morgan fingerprint density at radius 2 is 2.36 bits per heavy atom. The highest BCUT2D eigenvalue weighted by Gasteiger charge is 2.00. The second-order valence-corrected chi connectivity index (χ2v) is 3.02. The van der Waals surface area contributed by atoms with Crippen molar-refractivity contribution in [3.63, 3.8) is 0 Å². The van der Waals surface area contributed by atoms with E-state index in [9.17, 15) is 4.79 Å². The maximum Gasteiger partial charge on any atom is 0.306 e. The van der Waals surface area contributed by atoms with Crippen LogP contribution in [-0.2, 0) is 16.1 Å². The van der Waals surface area contributed by atoms with Gasteiger partial charge in [0.15, 0.2) is 0 Å². The lowest BCUT2D eigenvalue weighted by atomic mass is 10.4. The molecule has 1 aromatic rings. The number of methoxy groups -OCH3 is 1. The summed E-state index contributed by atoms with van der Waals surface area (Å²) in [4.78, 5) is 10.7. The Labute approximate surface area is 83.2 Å². The molecule has 0 atom stereocenters. The number of esters is 1. The summed E-state index contributed by atoms with van der Waals surface area (Å²) in [6.45, 7) is 3.15. The molecule has 0 radical (unpaired) electrons. The molecule has 1 aromatic heterocycles. The molecule has 0 aliphatic carbocycles. The van der Waals surface area contributed by atoms with Gasteiger partial charge in [-0.05, 0) is 19.1 Å². The third-order valence-corrected chi connectivity index (χ3v) is 1.83. The third-order valence-electron chi connectivity index (χ3n) is 1.83. The average Bonchev–Trinajstić information content (AvgIpc) is 2.58. The number of nitrogens with one attached hydrogen (secondary N) is 1.